The number of β-lactam (4-membered cyclic amide) rings is 1. The molecule has 2 aromatic carbocycles. The fourth-order valence-corrected chi connectivity index (χ4v) is 3.62. The zero-order valence-corrected chi connectivity index (χ0v) is 16.3. The van der Waals surface area contributed by atoms with Gasteiger partial charge in [0.2, 0.25) is 5.91 Å². The molecule has 1 fully saturated rings. The van der Waals surface area contributed by atoms with Gasteiger partial charge in [0.25, 0.3) is 11.5 Å². The summed E-state index contributed by atoms with van der Waals surface area (Å²) in [5.74, 6) is -0.462. The van der Waals surface area contributed by atoms with Crippen LogP contribution in [0.5, 0.6) is 0 Å². The van der Waals surface area contributed by atoms with Gasteiger partial charge in [0.05, 0.1) is 11.4 Å². The molecule has 1 saturated heterocycles. The lowest BCUT2D eigenvalue weighted by Gasteiger charge is -2.37. The molecule has 2 amide bonds. The van der Waals surface area contributed by atoms with Crippen molar-refractivity contribution < 1.29 is 9.59 Å². The van der Waals surface area contributed by atoms with Crippen molar-refractivity contribution in [2.75, 3.05) is 11.9 Å². The van der Waals surface area contributed by atoms with Gasteiger partial charge in [-0.25, -0.2) is 4.68 Å². The molecule has 148 valence electrons. The highest BCUT2D eigenvalue weighted by Gasteiger charge is 2.37. The van der Waals surface area contributed by atoms with Gasteiger partial charge in [0.1, 0.15) is 11.7 Å². The number of carbonyl (C=O) groups excluding carboxylic acids is 2. The molecule has 4 rings (SSSR count). The Balaban J connectivity index is 1.70. The first-order valence-electron chi connectivity index (χ1n) is 9.48. The van der Waals surface area contributed by atoms with Crippen molar-refractivity contribution in [3.8, 4) is 5.69 Å². The minimum absolute atomic E-state index is 0.0690. The second kappa shape index (κ2) is 7.43. The number of amides is 2. The second-order valence-electron chi connectivity index (χ2n) is 7.08. The number of rotatable bonds is 5. The summed E-state index contributed by atoms with van der Waals surface area (Å²) in [6.07, 6.45) is 0.432. The van der Waals surface area contributed by atoms with Gasteiger partial charge in [-0.1, -0.05) is 48.5 Å². The average Bonchev–Trinajstić information content (AvgIpc) is 2.95. The lowest BCUT2D eigenvalue weighted by molar-refractivity contribution is -0.147. The van der Waals surface area contributed by atoms with Crippen LogP contribution in [0.3, 0.4) is 0 Å². The summed E-state index contributed by atoms with van der Waals surface area (Å²) in [7, 11) is 1.77. The Kier molecular flexibility index (Phi) is 4.80. The fraction of sp³-hybridized carbons (Fsp3) is 0.227. The minimum Gasteiger partial charge on any atom is -0.326 e. The van der Waals surface area contributed by atoms with E-state index in [1.807, 2.05) is 60.7 Å². The number of nitrogens with one attached hydrogen (secondary N) is 1. The molecule has 1 aliphatic heterocycles. The monoisotopic (exact) mass is 390 g/mol. The van der Waals surface area contributed by atoms with Gasteiger partial charge in [0.15, 0.2) is 0 Å². The maximum atomic E-state index is 13.2. The predicted octanol–water partition coefficient (Wildman–Crippen LogP) is 2.40. The van der Waals surface area contributed by atoms with E-state index in [1.165, 1.54) is 4.68 Å². The Bertz CT molecular complexity index is 1120. The number of carbonyl (C=O) groups is 2. The maximum absolute atomic E-state index is 13.2. The molecule has 1 N–H and O–H groups in total. The number of hydrogen-bond acceptors (Lipinski definition) is 3. The normalized spacial score (nSPS) is 14.4. The van der Waals surface area contributed by atoms with Crippen LogP contribution in [0.2, 0.25) is 0 Å². The lowest BCUT2D eigenvalue weighted by Crippen LogP contribution is -2.49. The third-order valence-electron chi connectivity index (χ3n) is 5.36. The van der Waals surface area contributed by atoms with Crippen LogP contribution < -0.4 is 10.9 Å². The van der Waals surface area contributed by atoms with Crippen molar-refractivity contribution in [3.05, 3.63) is 82.3 Å². The second-order valence-corrected chi connectivity index (χ2v) is 7.08. The quantitative estimate of drug-likeness (QED) is 0.680. The Labute approximate surface area is 168 Å². The third-order valence-corrected chi connectivity index (χ3v) is 5.36. The van der Waals surface area contributed by atoms with E-state index in [-0.39, 0.29) is 17.2 Å². The van der Waals surface area contributed by atoms with Crippen LogP contribution in [0.25, 0.3) is 5.69 Å². The predicted molar refractivity (Wildman–Crippen MR) is 110 cm³/mol. The Morgan fingerprint density at radius 2 is 1.62 bits per heavy atom. The smallest absolute Gasteiger partial charge is 0.295 e. The van der Waals surface area contributed by atoms with Gasteiger partial charge < -0.3 is 10.2 Å². The molecule has 1 aromatic heterocycles. The van der Waals surface area contributed by atoms with Gasteiger partial charge in [-0.3, -0.25) is 19.1 Å². The molecule has 1 atom stereocenters. The number of nitrogens with zero attached hydrogens (tertiary/aromatic N) is 3. The van der Waals surface area contributed by atoms with Crippen molar-refractivity contribution in [2.45, 2.75) is 19.4 Å². The summed E-state index contributed by atoms with van der Waals surface area (Å²) in [6.45, 7) is 2.30. The number of benzene rings is 2. The number of para-hydroxylation sites is 1. The molecule has 0 unspecified atom stereocenters. The Morgan fingerprint density at radius 3 is 2.17 bits per heavy atom. The summed E-state index contributed by atoms with van der Waals surface area (Å²) < 4.78 is 3.22. The minimum atomic E-state index is -0.762. The summed E-state index contributed by atoms with van der Waals surface area (Å²) in [5.41, 5.74) is 1.96. The summed E-state index contributed by atoms with van der Waals surface area (Å²) in [5, 5.41) is 2.79. The molecule has 7 nitrogen and oxygen atoms in total. The molecule has 0 spiro atoms. The van der Waals surface area contributed by atoms with Crippen molar-refractivity contribution in [3.63, 3.8) is 0 Å². The van der Waals surface area contributed by atoms with Crippen LogP contribution in [0.4, 0.5) is 5.69 Å². The maximum Gasteiger partial charge on any atom is 0.295 e. The molecule has 0 radical (unpaired) electrons. The van der Waals surface area contributed by atoms with Gasteiger partial charge in [-0.15, -0.1) is 0 Å². The van der Waals surface area contributed by atoms with Gasteiger partial charge in [0, 0.05) is 20.0 Å². The van der Waals surface area contributed by atoms with E-state index in [2.05, 4.69) is 5.32 Å². The van der Waals surface area contributed by atoms with Crippen molar-refractivity contribution in [1.29, 1.82) is 0 Å². The molecule has 0 bridgehead atoms. The standard InChI is InChI=1S/C22H22N4O3/c1-15-19(22(29)26(24(15)2)17-11-7-4-8-12-17)23-21(28)20(25-14-13-18(25)27)16-9-5-3-6-10-16/h3-12,20H,13-14H2,1-2H3,(H,23,28)/t20-/m0/s1. The van der Waals surface area contributed by atoms with E-state index in [0.29, 0.717) is 24.3 Å². The first kappa shape index (κ1) is 18.7. The summed E-state index contributed by atoms with van der Waals surface area (Å²) >= 11 is 0. The van der Waals surface area contributed by atoms with E-state index >= 15 is 0 Å². The highest BCUT2D eigenvalue weighted by atomic mass is 16.2. The molecule has 29 heavy (non-hydrogen) atoms. The number of likely N-dealkylation sites (tertiary alicyclic amines) is 1. The largest absolute Gasteiger partial charge is 0.326 e. The lowest BCUT2D eigenvalue weighted by atomic mass is 10.00. The van der Waals surface area contributed by atoms with Crippen LogP contribution in [-0.2, 0) is 16.6 Å². The number of anilines is 1. The van der Waals surface area contributed by atoms with Gasteiger partial charge >= 0.3 is 0 Å². The van der Waals surface area contributed by atoms with E-state index in [4.69, 9.17) is 0 Å². The van der Waals surface area contributed by atoms with Crippen molar-refractivity contribution >= 4 is 17.5 Å². The zero-order valence-electron chi connectivity index (χ0n) is 16.3. The van der Waals surface area contributed by atoms with E-state index in [1.54, 1.807) is 23.6 Å². The SMILES string of the molecule is Cc1c(NC(=O)[C@H](c2ccccc2)N2CCC2=O)c(=O)n(-c2ccccc2)n1C. The molecule has 2 heterocycles. The highest BCUT2D eigenvalue weighted by molar-refractivity contribution is 5.99. The summed E-state index contributed by atoms with van der Waals surface area (Å²) in [6, 6.07) is 17.6. The molecule has 1 aliphatic rings. The molecular weight excluding hydrogens is 368 g/mol. The average molecular weight is 390 g/mol. The molecule has 3 aromatic rings. The van der Waals surface area contributed by atoms with E-state index < -0.39 is 11.9 Å². The van der Waals surface area contributed by atoms with Crippen molar-refractivity contribution in [2.24, 2.45) is 7.05 Å². The third kappa shape index (κ3) is 3.24. The van der Waals surface area contributed by atoms with E-state index in [9.17, 15) is 14.4 Å². The first-order chi connectivity index (χ1) is 14.0. The number of hydrogen-bond donors (Lipinski definition) is 1. The zero-order chi connectivity index (χ0) is 20.5. The molecule has 0 saturated carbocycles. The Hall–Kier alpha value is -3.61. The van der Waals surface area contributed by atoms with E-state index in [0.717, 1.165) is 5.56 Å². The van der Waals surface area contributed by atoms with Crippen LogP contribution in [0.1, 0.15) is 23.7 Å². The van der Waals surface area contributed by atoms with Gasteiger partial charge in [-0.2, -0.15) is 0 Å². The van der Waals surface area contributed by atoms with Gasteiger partial charge in [-0.05, 0) is 24.6 Å². The molecule has 7 heteroatoms. The topological polar surface area (TPSA) is 76.3 Å². The fourth-order valence-electron chi connectivity index (χ4n) is 3.62. The van der Waals surface area contributed by atoms with Crippen molar-refractivity contribution in [1.82, 2.24) is 14.3 Å². The van der Waals surface area contributed by atoms with Crippen LogP contribution in [0.15, 0.2) is 65.5 Å². The van der Waals surface area contributed by atoms with Crippen LogP contribution >= 0.6 is 0 Å². The van der Waals surface area contributed by atoms with Crippen LogP contribution in [0, 0.1) is 6.92 Å². The molecule has 0 aliphatic carbocycles. The molecular formula is C22H22N4O3. The summed E-state index contributed by atoms with van der Waals surface area (Å²) in [4.78, 5) is 39.9. The Morgan fingerprint density at radius 1 is 1.00 bits per heavy atom. The first-order valence-corrected chi connectivity index (χ1v) is 9.48. The number of aromatic nitrogens is 2. The van der Waals surface area contributed by atoms with Crippen LogP contribution in [-0.4, -0.2) is 32.6 Å². The highest BCUT2D eigenvalue weighted by Crippen LogP contribution is 2.28.